The summed E-state index contributed by atoms with van der Waals surface area (Å²) in [6.45, 7) is 4.77. The lowest BCUT2D eigenvalue weighted by molar-refractivity contribution is 0.164. The fourth-order valence-electron chi connectivity index (χ4n) is 2.22. The van der Waals surface area contributed by atoms with E-state index in [1.807, 2.05) is 38.1 Å². The number of ether oxygens (including phenoxy) is 1. The Balaban J connectivity index is 1.79. The molecule has 0 aromatic heterocycles. The molecule has 0 radical (unpaired) electrons. The zero-order valence-electron chi connectivity index (χ0n) is 12.7. The Morgan fingerprint density at radius 1 is 1.48 bits per heavy atom. The molecule has 116 valence electrons. The number of benzene rings is 1. The predicted octanol–water partition coefficient (Wildman–Crippen LogP) is 1.93. The topological polar surface area (TPSA) is 61.8 Å². The molecule has 1 aromatic rings. The van der Waals surface area contributed by atoms with Gasteiger partial charge >= 0.3 is 6.03 Å². The molecule has 1 saturated carbocycles. The molecule has 1 fully saturated rings. The summed E-state index contributed by atoms with van der Waals surface area (Å²) in [7, 11) is 0. The van der Waals surface area contributed by atoms with E-state index in [-0.39, 0.29) is 18.7 Å². The van der Waals surface area contributed by atoms with Gasteiger partial charge in [-0.3, -0.25) is 0 Å². The Kier molecular flexibility index (Phi) is 5.44. The number of nitrogens with one attached hydrogen (secondary N) is 1. The number of hydrogen-bond donors (Lipinski definition) is 2. The molecule has 1 aliphatic rings. The second-order valence-corrected chi connectivity index (χ2v) is 5.53. The number of nitrogens with zero attached hydrogens (tertiary/aromatic N) is 1. The van der Waals surface area contributed by atoms with Gasteiger partial charge in [0.1, 0.15) is 11.9 Å². The molecule has 1 aromatic carbocycles. The Hall–Kier alpha value is -1.75. The lowest BCUT2D eigenvalue weighted by Crippen LogP contribution is -2.45. The Bertz CT molecular complexity index is 474. The minimum absolute atomic E-state index is 0.000810. The normalized spacial score (nSPS) is 15.4. The number of rotatable bonds is 7. The highest BCUT2D eigenvalue weighted by atomic mass is 16.5. The van der Waals surface area contributed by atoms with E-state index in [1.165, 1.54) is 0 Å². The van der Waals surface area contributed by atoms with Gasteiger partial charge in [-0.15, -0.1) is 0 Å². The van der Waals surface area contributed by atoms with Crippen LogP contribution in [0.25, 0.3) is 0 Å². The number of urea groups is 1. The van der Waals surface area contributed by atoms with Crippen molar-refractivity contribution >= 4 is 6.03 Å². The van der Waals surface area contributed by atoms with Crippen LogP contribution in [0, 0.1) is 6.92 Å². The average Bonchev–Trinajstić information content (AvgIpc) is 3.29. The third kappa shape index (κ3) is 4.63. The van der Waals surface area contributed by atoms with Crippen molar-refractivity contribution in [2.75, 3.05) is 19.7 Å². The maximum absolute atomic E-state index is 12.1. The lowest BCUT2D eigenvalue weighted by atomic mass is 10.2. The number of para-hydroxylation sites is 1. The number of amides is 2. The molecular formula is C16H24N2O3. The summed E-state index contributed by atoms with van der Waals surface area (Å²) in [6, 6.07) is 8.00. The van der Waals surface area contributed by atoms with Gasteiger partial charge in [-0.05, 0) is 38.3 Å². The molecule has 0 bridgehead atoms. The van der Waals surface area contributed by atoms with Crippen molar-refractivity contribution in [1.82, 2.24) is 10.2 Å². The molecule has 2 amide bonds. The van der Waals surface area contributed by atoms with Gasteiger partial charge < -0.3 is 20.1 Å². The minimum atomic E-state index is -0.119. The molecule has 0 heterocycles. The predicted molar refractivity (Wildman–Crippen MR) is 81.5 cm³/mol. The zero-order chi connectivity index (χ0) is 15.2. The first-order valence-electron chi connectivity index (χ1n) is 7.49. The van der Waals surface area contributed by atoms with Crippen LogP contribution in [0.4, 0.5) is 4.79 Å². The number of aryl methyl sites for hydroxylation is 1. The zero-order valence-corrected chi connectivity index (χ0v) is 12.7. The lowest BCUT2D eigenvalue weighted by Gasteiger charge is -2.23. The molecule has 0 spiro atoms. The second-order valence-electron chi connectivity index (χ2n) is 5.53. The van der Waals surface area contributed by atoms with Gasteiger partial charge in [-0.1, -0.05) is 18.2 Å². The largest absolute Gasteiger partial charge is 0.489 e. The van der Waals surface area contributed by atoms with E-state index < -0.39 is 0 Å². The molecule has 21 heavy (non-hydrogen) atoms. The molecule has 1 atom stereocenters. The van der Waals surface area contributed by atoms with Crippen LogP contribution in [-0.2, 0) is 0 Å². The molecule has 5 nitrogen and oxygen atoms in total. The molecule has 2 rings (SSSR count). The Labute approximate surface area is 125 Å². The fraction of sp³-hybridized carbons (Fsp3) is 0.562. The molecule has 0 saturated heterocycles. The minimum Gasteiger partial charge on any atom is -0.489 e. The highest BCUT2D eigenvalue weighted by Crippen LogP contribution is 2.26. The summed E-state index contributed by atoms with van der Waals surface area (Å²) in [4.78, 5) is 13.8. The summed E-state index contributed by atoms with van der Waals surface area (Å²) >= 11 is 0. The molecule has 0 aliphatic heterocycles. The van der Waals surface area contributed by atoms with E-state index in [0.717, 1.165) is 24.2 Å². The van der Waals surface area contributed by atoms with Gasteiger partial charge in [0.15, 0.2) is 0 Å². The van der Waals surface area contributed by atoms with Crippen LogP contribution in [-0.4, -0.2) is 47.9 Å². The maximum atomic E-state index is 12.1. The van der Waals surface area contributed by atoms with Gasteiger partial charge in [0.2, 0.25) is 0 Å². The summed E-state index contributed by atoms with van der Waals surface area (Å²) in [5, 5.41) is 11.9. The number of aliphatic hydroxyl groups excluding tert-OH is 1. The van der Waals surface area contributed by atoms with Crippen molar-refractivity contribution < 1.29 is 14.6 Å². The van der Waals surface area contributed by atoms with Gasteiger partial charge in [-0.2, -0.15) is 0 Å². The van der Waals surface area contributed by atoms with Gasteiger partial charge in [0.25, 0.3) is 0 Å². The van der Waals surface area contributed by atoms with Crippen LogP contribution >= 0.6 is 0 Å². The SMILES string of the molecule is Cc1ccccc1OC(C)CNC(=O)N(CCO)C1CC1. The van der Waals surface area contributed by atoms with Crippen molar-refractivity contribution in [3.05, 3.63) is 29.8 Å². The summed E-state index contributed by atoms with van der Waals surface area (Å²) in [6.07, 6.45) is 1.95. The highest BCUT2D eigenvalue weighted by molar-refractivity contribution is 5.74. The smallest absolute Gasteiger partial charge is 0.317 e. The fourth-order valence-corrected chi connectivity index (χ4v) is 2.22. The number of carbonyl (C=O) groups excluding carboxylic acids is 1. The molecule has 1 aliphatic carbocycles. The highest BCUT2D eigenvalue weighted by Gasteiger charge is 2.32. The first kappa shape index (κ1) is 15.6. The first-order valence-corrected chi connectivity index (χ1v) is 7.49. The molecular weight excluding hydrogens is 268 g/mol. The van der Waals surface area contributed by atoms with Crippen molar-refractivity contribution in [1.29, 1.82) is 0 Å². The van der Waals surface area contributed by atoms with Crippen molar-refractivity contribution in [2.24, 2.45) is 0 Å². The monoisotopic (exact) mass is 292 g/mol. The summed E-state index contributed by atoms with van der Waals surface area (Å²) in [5.74, 6) is 0.841. The second kappa shape index (κ2) is 7.31. The van der Waals surface area contributed by atoms with E-state index in [9.17, 15) is 4.79 Å². The number of aliphatic hydroxyl groups is 1. The van der Waals surface area contributed by atoms with Crippen LogP contribution in [0.3, 0.4) is 0 Å². The Morgan fingerprint density at radius 2 is 2.19 bits per heavy atom. The van der Waals surface area contributed by atoms with E-state index in [1.54, 1.807) is 4.90 Å². The quantitative estimate of drug-likeness (QED) is 0.807. The van der Waals surface area contributed by atoms with Crippen molar-refractivity contribution in [2.45, 2.75) is 38.8 Å². The maximum Gasteiger partial charge on any atom is 0.317 e. The third-order valence-corrected chi connectivity index (χ3v) is 3.55. The number of carbonyl (C=O) groups is 1. The molecule has 1 unspecified atom stereocenters. The van der Waals surface area contributed by atoms with E-state index in [0.29, 0.717) is 19.1 Å². The average molecular weight is 292 g/mol. The van der Waals surface area contributed by atoms with Crippen molar-refractivity contribution in [3.8, 4) is 5.75 Å². The standard InChI is InChI=1S/C16H24N2O3/c1-12-5-3-4-6-15(12)21-13(2)11-17-16(20)18(9-10-19)14-7-8-14/h3-6,13-14,19H,7-11H2,1-2H3,(H,17,20). The van der Waals surface area contributed by atoms with E-state index in [4.69, 9.17) is 9.84 Å². The van der Waals surface area contributed by atoms with Gasteiger partial charge in [0.05, 0.1) is 13.2 Å². The van der Waals surface area contributed by atoms with Gasteiger partial charge in [0, 0.05) is 12.6 Å². The van der Waals surface area contributed by atoms with Crippen LogP contribution < -0.4 is 10.1 Å². The van der Waals surface area contributed by atoms with E-state index >= 15 is 0 Å². The van der Waals surface area contributed by atoms with Crippen LogP contribution in [0.5, 0.6) is 5.75 Å². The third-order valence-electron chi connectivity index (χ3n) is 3.55. The van der Waals surface area contributed by atoms with E-state index in [2.05, 4.69) is 5.32 Å². The van der Waals surface area contributed by atoms with Crippen LogP contribution in [0.15, 0.2) is 24.3 Å². The molecule has 5 heteroatoms. The van der Waals surface area contributed by atoms with Gasteiger partial charge in [-0.25, -0.2) is 4.79 Å². The van der Waals surface area contributed by atoms with Crippen LogP contribution in [0.1, 0.15) is 25.3 Å². The first-order chi connectivity index (χ1) is 10.1. The number of hydrogen-bond acceptors (Lipinski definition) is 3. The van der Waals surface area contributed by atoms with Crippen molar-refractivity contribution in [3.63, 3.8) is 0 Å². The Morgan fingerprint density at radius 3 is 2.81 bits per heavy atom. The molecule has 2 N–H and O–H groups in total. The van der Waals surface area contributed by atoms with Crippen LogP contribution in [0.2, 0.25) is 0 Å². The summed E-state index contributed by atoms with van der Waals surface area (Å²) in [5.41, 5.74) is 1.08. The summed E-state index contributed by atoms with van der Waals surface area (Å²) < 4.78 is 5.83.